The molecule has 13 heavy (non-hydrogen) atoms. The molecule has 0 atom stereocenters. The number of nitrogens with two attached hydrogens (primary N) is 1. The van der Waals surface area contributed by atoms with Crippen molar-refractivity contribution in [1.82, 2.24) is 4.98 Å². The Balaban J connectivity index is 2.06. The van der Waals surface area contributed by atoms with E-state index in [9.17, 15) is 0 Å². The summed E-state index contributed by atoms with van der Waals surface area (Å²) in [5, 5.41) is 2.24. The molecule has 2 nitrogen and oxygen atoms in total. The van der Waals surface area contributed by atoms with Crippen molar-refractivity contribution in [2.45, 2.75) is 44.9 Å². The van der Waals surface area contributed by atoms with Crippen LogP contribution in [-0.2, 0) is 6.42 Å². The molecule has 1 aromatic heterocycles. The van der Waals surface area contributed by atoms with Gasteiger partial charge in [0.15, 0.2) is 0 Å². The van der Waals surface area contributed by atoms with E-state index in [4.69, 9.17) is 5.73 Å². The number of unbranched alkanes of at least 4 members (excludes halogenated alkanes) is 1. The third-order valence-electron chi connectivity index (χ3n) is 2.44. The van der Waals surface area contributed by atoms with Crippen LogP contribution in [0.1, 0.15) is 49.2 Å². The zero-order chi connectivity index (χ0) is 9.26. The minimum absolute atomic E-state index is 0.752. The van der Waals surface area contributed by atoms with Gasteiger partial charge in [-0.25, -0.2) is 4.98 Å². The van der Waals surface area contributed by atoms with Crippen LogP contribution in [0.4, 0.5) is 5.00 Å². The first-order valence-electron chi connectivity index (χ1n) is 5.06. The van der Waals surface area contributed by atoms with Gasteiger partial charge in [0, 0.05) is 5.92 Å². The maximum absolute atomic E-state index is 5.90. The monoisotopic (exact) mass is 196 g/mol. The van der Waals surface area contributed by atoms with Gasteiger partial charge in [0.25, 0.3) is 0 Å². The SMILES string of the molecule is CCCCc1nc(C2CC2)sc1N. The molecule has 0 saturated heterocycles. The van der Waals surface area contributed by atoms with Crippen LogP contribution in [0.5, 0.6) is 0 Å². The fraction of sp³-hybridized carbons (Fsp3) is 0.700. The van der Waals surface area contributed by atoms with Crippen molar-refractivity contribution in [3.63, 3.8) is 0 Å². The lowest BCUT2D eigenvalue weighted by atomic mass is 10.2. The Kier molecular flexibility index (Phi) is 2.54. The normalized spacial score (nSPS) is 16.4. The molecule has 0 aromatic carbocycles. The minimum atomic E-state index is 0.752. The molecule has 72 valence electrons. The van der Waals surface area contributed by atoms with Gasteiger partial charge in [-0.2, -0.15) is 0 Å². The number of aryl methyl sites for hydroxylation is 1. The topological polar surface area (TPSA) is 38.9 Å². The zero-order valence-corrected chi connectivity index (χ0v) is 8.86. The van der Waals surface area contributed by atoms with E-state index in [1.807, 2.05) is 0 Å². The summed E-state index contributed by atoms with van der Waals surface area (Å²) in [6.07, 6.45) is 6.12. The van der Waals surface area contributed by atoms with E-state index in [0.29, 0.717) is 0 Å². The highest BCUT2D eigenvalue weighted by atomic mass is 32.1. The molecular weight excluding hydrogens is 180 g/mol. The lowest BCUT2D eigenvalue weighted by Gasteiger charge is -1.94. The van der Waals surface area contributed by atoms with E-state index in [1.54, 1.807) is 11.3 Å². The van der Waals surface area contributed by atoms with Crippen LogP contribution in [-0.4, -0.2) is 4.98 Å². The Morgan fingerprint density at radius 3 is 2.92 bits per heavy atom. The van der Waals surface area contributed by atoms with Crippen molar-refractivity contribution in [1.29, 1.82) is 0 Å². The molecule has 1 fully saturated rings. The number of hydrogen-bond donors (Lipinski definition) is 1. The maximum Gasteiger partial charge on any atom is 0.109 e. The van der Waals surface area contributed by atoms with Crippen LogP contribution in [0.15, 0.2) is 0 Å². The highest BCUT2D eigenvalue weighted by Gasteiger charge is 2.27. The second kappa shape index (κ2) is 3.66. The van der Waals surface area contributed by atoms with Crippen LogP contribution in [0.3, 0.4) is 0 Å². The fourth-order valence-corrected chi connectivity index (χ4v) is 2.46. The van der Waals surface area contributed by atoms with Crippen molar-refractivity contribution in [2.24, 2.45) is 0 Å². The number of hydrogen-bond acceptors (Lipinski definition) is 3. The average Bonchev–Trinajstić information content (AvgIpc) is 2.89. The van der Waals surface area contributed by atoms with E-state index in [-0.39, 0.29) is 0 Å². The van der Waals surface area contributed by atoms with E-state index >= 15 is 0 Å². The first-order valence-corrected chi connectivity index (χ1v) is 5.88. The van der Waals surface area contributed by atoms with Crippen molar-refractivity contribution in [3.05, 3.63) is 10.7 Å². The van der Waals surface area contributed by atoms with E-state index in [0.717, 1.165) is 23.0 Å². The van der Waals surface area contributed by atoms with Gasteiger partial charge < -0.3 is 5.73 Å². The summed E-state index contributed by atoms with van der Waals surface area (Å²) in [6, 6.07) is 0. The molecule has 1 aliphatic rings. The highest BCUT2D eigenvalue weighted by molar-refractivity contribution is 7.15. The van der Waals surface area contributed by atoms with Crippen molar-refractivity contribution < 1.29 is 0 Å². The van der Waals surface area contributed by atoms with Crippen LogP contribution < -0.4 is 5.73 Å². The van der Waals surface area contributed by atoms with Gasteiger partial charge in [0.1, 0.15) is 5.00 Å². The van der Waals surface area contributed by atoms with Crippen molar-refractivity contribution in [3.8, 4) is 0 Å². The Labute approximate surface area is 83.2 Å². The molecule has 0 unspecified atom stereocenters. The Bertz CT molecular complexity index is 289. The summed E-state index contributed by atoms with van der Waals surface area (Å²) >= 11 is 1.70. The number of nitrogen functional groups attached to an aromatic ring is 1. The van der Waals surface area contributed by atoms with Crippen molar-refractivity contribution in [2.75, 3.05) is 5.73 Å². The second-order valence-corrected chi connectivity index (χ2v) is 4.80. The molecule has 0 aliphatic heterocycles. The molecule has 0 radical (unpaired) electrons. The molecule has 2 rings (SSSR count). The minimum Gasteiger partial charge on any atom is -0.389 e. The summed E-state index contributed by atoms with van der Waals surface area (Å²) in [5.74, 6) is 0.752. The summed E-state index contributed by atoms with van der Waals surface area (Å²) in [6.45, 7) is 2.20. The first-order chi connectivity index (χ1) is 6.31. The molecule has 1 aliphatic carbocycles. The van der Waals surface area contributed by atoms with Gasteiger partial charge in [-0.15, -0.1) is 11.3 Å². The Hall–Kier alpha value is -0.570. The fourth-order valence-electron chi connectivity index (χ4n) is 1.41. The quantitative estimate of drug-likeness (QED) is 0.804. The summed E-state index contributed by atoms with van der Waals surface area (Å²) in [5.41, 5.74) is 7.05. The van der Waals surface area contributed by atoms with Crippen molar-refractivity contribution >= 4 is 16.3 Å². The number of aromatic nitrogens is 1. The maximum atomic E-state index is 5.90. The molecule has 0 amide bonds. The third-order valence-corrected chi connectivity index (χ3v) is 3.53. The van der Waals surface area contributed by atoms with Crippen LogP contribution in [0.2, 0.25) is 0 Å². The largest absolute Gasteiger partial charge is 0.389 e. The van der Waals surface area contributed by atoms with Gasteiger partial charge in [0.2, 0.25) is 0 Å². The zero-order valence-electron chi connectivity index (χ0n) is 8.05. The van der Waals surface area contributed by atoms with Gasteiger partial charge in [-0.05, 0) is 25.7 Å². The van der Waals surface area contributed by atoms with E-state index in [2.05, 4.69) is 11.9 Å². The first kappa shape index (κ1) is 9.00. The highest BCUT2D eigenvalue weighted by Crippen LogP contribution is 2.43. The molecule has 1 saturated carbocycles. The number of thiazole rings is 1. The third kappa shape index (κ3) is 2.02. The molecule has 1 aromatic rings. The molecular formula is C10H16N2S. The lowest BCUT2D eigenvalue weighted by Crippen LogP contribution is -1.91. The molecule has 3 heteroatoms. The average molecular weight is 196 g/mol. The molecule has 0 spiro atoms. The number of anilines is 1. The van der Waals surface area contributed by atoms with Gasteiger partial charge >= 0.3 is 0 Å². The smallest absolute Gasteiger partial charge is 0.109 e. The number of rotatable bonds is 4. The van der Waals surface area contributed by atoms with Crippen LogP contribution in [0.25, 0.3) is 0 Å². The van der Waals surface area contributed by atoms with E-state index in [1.165, 1.54) is 30.7 Å². The second-order valence-electron chi connectivity index (χ2n) is 3.74. The summed E-state index contributed by atoms with van der Waals surface area (Å²) < 4.78 is 0. The Morgan fingerprint density at radius 1 is 1.54 bits per heavy atom. The summed E-state index contributed by atoms with van der Waals surface area (Å²) in [7, 11) is 0. The van der Waals surface area contributed by atoms with Crippen LogP contribution in [0, 0.1) is 0 Å². The number of nitrogens with zero attached hydrogens (tertiary/aromatic N) is 1. The van der Waals surface area contributed by atoms with Gasteiger partial charge in [0.05, 0.1) is 10.7 Å². The van der Waals surface area contributed by atoms with Gasteiger partial charge in [-0.3, -0.25) is 0 Å². The lowest BCUT2D eigenvalue weighted by molar-refractivity contribution is 0.778. The van der Waals surface area contributed by atoms with Crippen LogP contribution >= 0.6 is 11.3 Å². The molecule has 1 heterocycles. The summed E-state index contributed by atoms with van der Waals surface area (Å²) in [4.78, 5) is 4.60. The standard InChI is InChI=1S/C10H16N2S/c1-2-3-4-8-9(11)13-10(12-8)7-5-6-7/h7H,2-6,11H2,1H3. The Morgan fingerprint density at radius 2 is 2.31 bits per heavy atom. The molecule has 2 N–H and O–H groups in total. The predicted molar refractivity (Wildman–Crippen MR) is 57.1 cm³/mol. The van der Waals surface area contributed by atoms with Gasteiger partial charge in [-0.1, -0.05) is 13.3 Å². The predicted octanol–water partition coefficient (Wildman–Crippen LogP) is 2.95. The van der Waals surface area contributed by atoms with E-state index < -0.39 is 0 Å². The molecule has 0 bridgehead atoms.